The minimum Gasteiger partial charge on any atom is -0.455 e. The number of hydrogen-bond donors (Lipinski definition) is 1. The summed E-state index contributed by atoms with van der Waals surface area (Å²) in [5.41, 5.74) is 5.49. The summed E-state index contributed by atoms with van der Waals surface area (Å²) in [7, 11) is -0.796. The predicted molar refractivity (Wildman–Crippen MR) is 186 cm³/mol. The lowest BCUT2D eigenvalue weighted by molar-refractivity contribution is 0.0964. The third kappa shape index (κ3) is 5.17. The number of halogens is 2. The number of likely N-dealkylation sites (tertiary alicyclic amines) is 1. The van der Waals surface area contributed by atoms with E-state index in [1.807, 2.05) is 24.3 Å². The van der Waals surface area contributed by atoms with Crippen molar-refractivity contribution in [1.29, 1.82) is 0 Å². The summed E-state index contributed by atoms with van der Waals surface area (Å²) in [6.45, 7) is 2.92. The highest BCUT2D eigenvalue weighted by Gasteiger charge is 2.32. The van der Waals surface area contributed by atoms with Gasteiger partial charge < -0.3 is 19.2 Å². The molecule has 1 unspecified atom stereocenters. The lowest BCUT2D eigenvalue weighted by atomic mass is 9.95. The monoisotopic (exact) mass is 681 g/mol. The lowest BCUT2D eigenvalue weighted by Gasteiger charge is -2.37. The highest BCUT2D eigenvalue weighted by Crippen LogP contribution is 2.44. The molecule has 49 heavy (non-hydrogen) atoms. The van der Waals surface area contributed by atoms with Gasteiger partial charge in [0.05, 0.1) is 46.1 Å². The van der Waals surface area contributed by atoms with Gasteiger partial charge in [0.1, 0.15) is 23.0 Å². The number of hydrogen-bond acceptors (Lipinski definition) is 6. The van der Waals surface area contributed by atoms with Crippen LogP contribution in [0.15, 0.2) is 77.2 Å². The van der Waals surface area contributed by atoms with Crippen LogP contribution in [0.1, 0.15) is 28.4 Å². The first kappa shape index (κ1) is 31.2. The van der Waals surface area contributed by atoms with E-state index in [1.165, 1.54) is 50.8 Å². The second-order valence-electron chi connectivity index (χ2n) is 12.8. The number of furan rings is 1. The number of carbonyl (C=O) groups is 1. The van der Waals surface area contributed by atoms with E-state index in [4.69, 9.17) is 9.40 Å². The van der Waals surface area contributed by atoms with Crippen LogP contribution in [0.25, 0.3) is 55.8 Å². The van der Waals surface area contributed by atoms with E-state index in [1.54, 1.807) is 18.2 Å². The Labute approximate surface area is 281 Å². The number of rotatable bonds is 7. The van der Waals surface area contributed by atoms with E-state index in [-0.39, 0.29) is 28.8 Å². The van der Waals surface area contributed by atoms with Crippen LogP contribution >= 0.6 is 0 Å². The number of sulfonamides is 1. The standard InChI is InChI=1S/C37H33F2N5O4S/c1-40-37(45)34-27-17-26(31(42(2)49(3,46)47)19-33(27)48-36(34)21-8-11-23(38)12-9-21)29-13-10-22-16-24(20-43-14-5-15-43)44-30-7-4-6-28(39)25(30)18-32(44)35(22)41-29/h4,6-13,17-19,24H,5,14-16,20H2,1-3H3,(H,40,45). The number of amides is 1. The van der Waals surface area contributed by atoms with Gasteiger partial charge >= 0.3 is 0 Å². The maximum atomic E-state index is 15.2. The third-order valence-corrected chi connectivity index (χ3v) is 11.0. The third-order valence-electron chi connectivity index (χ3n) is 9.77. The first-order valence-electron chi connectivity index (χ1n) is 16.1. The summed E-state index contributed by atoms with van der Waals surface area (Å²) < 4.78 is 64.4. The molecular weight excluding hydrogens is 649 g/mol. The van der Waals surface area contributed by atoms with Gasteiger partial charge in [-0.15, -0.1) is 0 Å². The Balaban J connectivity index is 1.35. The van der Waals surface area contributed by atoms with Gasteiger partial charge in [0.15, 0.2) is 0 Å². The lowest BCUT2D eigenvalue weighted by Crippen LogP contribution is -2.42. The van der Waals surface area contributed by atoms with Crippen LogP contribution < -0.4 is 9.62 Å². The molecule has 9 nitrogen and oxygen atoms in total. The number of nitrogens with one attached hydrogen (secondary N) is 1. The largest absolute Gasteiger partial charge is 0.455 e. The quantitative estimate of drug-likeness (QED) is 0.203. The van der Waals surface area contributed by atoms with Crippen LogP contribution in [0, 0.1) is 11.6 Å². The zero-order valence-electron chi connectivity index (χ0n) is 27.1. The highest BCUT2D eigenvalue weighted by molar-refractivity contribution is 7.92. The van der Waals surface area contributed by atoms with Gasteiger partial charge in [0.25, 0.3) is 5.91 Å². The molecule has 5 heterocycles. The molecule has 0 bridgehead atoms. The van der Waals surface area contributed by atoms with Crippen molar-refractivity contribution in [2.24, 2.45) is 0 Å². The van der Waals surface area contributed by atoms with Gasteiger partial charge in [-0.1, -0.05) is 12.1 Å². The molecule has 250 valence electrons. The summed E-state index contributed by atoms with van der Waals surface area (Å²) in [5.74, 6) is -0.946. The maximum absolute atomic E-state index is 15.2. The van der Waals surface area contributed by atoms with Gasteiger partial charge in [-0.3, -0.25) is 9.10 Å². The van der Waals surface area contributed by atoms with Gasteiger partial charge in [0, 0.05) is 48.6 Å². The number of pyridine rings is 1. The number of aromatic nitrogens is 2. The van der Waals surface area contributed by atoms with Crippen molar-refractivity contribution < 1.29 is 26.4 Å². The number of fused-ring (bicyclic) bond motifs is 6. The number of nitrogens with zero attached hydrogens (tertiary/aromatic N) is 4. The van der Waals surface area contributed by atoms with Crippen LogP contribution in [0.5, 0.6) is 0 Å². The zero-order chi connectivity index (χ0) is 34.2. The van der Waals surface area contributed by atoms with Gasteiger partial charge in [-0.05, 0) is 86.1 Å². The fraction of sp³-hybridized carbons (Fsp3) is 0.243. The number of anilines is 1. The van der Waals surface area contributed by atoms with Crippen molar-refractivity contribution >= 4 is 43.5 Å². The van der Waals surface area contributed by atoms with Crippen molar-refractivity contribution in [1.82, 2.24) is 19.8 Å². The second-order valence-corrected chi connectivity index (χ2v) is 14.8. The van der Waals surface area contributed by atoms with Gasteiger partial charge in [0.2, 0.25) is 10.0 Å². The first-order chi connectivity index (χ1) is 23.5. The normalized spacial score (nSPS) is 16.0. The van der Waals surface area contributed by atoms with Crippen LogP contribution in [0.2, 0.25) is 0 Å². The molecule has 12 heteroatoms. The van der Waals surface area contributed by atoms with E-state index >= 15 is 4.39 Å². The van der Waals surface area contributed by atoms with Crippen LogP contribution in [-0.2, 0) is 16.4 Å². The van der Waals surface area contributed by atoms with Crippen LogP contribution in [0.4, 0.5) is 14.5 Å². The van der Waals surface area contributed by atoms with Crippen molar-refractivity contribution in [3.63, 3.8) is 0 Å². The highest BCUT2D eigenvalue weighted by atomic mass is 32.2. The van der Waals surface area contributed by atoms with Crippen molar-refractivity contribution in [3.8, 4) is 34.0 Å². The molecule has 3 aromatic carbocycles. The average Bonchev–Trinajstić information content (AvgIpc) is 3.65. The smallest absolute Gasteiger partial charge is 0.255 e. The topological polar surface area (TPSA) is 101 Å². The van der Waals surface area contributed by atoms with Crippen molar-refractivity contribution in [3.05, 3.63) is 95.6 Å². The minimum absolute atomic E-state index is 0.0870. The molecule has 0 spiro atoms. The zero-order valence-corrected chi connectivity index (χ0v) is 27.9. The summed E-state index contributed by atoms with van der Waals surface area (Å²) in [6, 6.07) is 19.8. The molecule has 6 aromatic rings. The molecule has 8 rings (SSSR count). The van der Waals surface area contributed by atoms with E-state index < -0.39 is 21.7 Å². The van der Waals surface area contributed by atoms with E-state index in [2.05, 4.69) is 14.8 Å². The summed E-state index contributed by atoms with van der Waals surface area (Å²) in [5, 5.41) is 3.62. The van der Waals surface area contributed by atoms with E-state index in [0.717, 1.165) is 47.0 Å². The Hall–Kier alpha value is -5.07. The number of carbonyl (C=O) groups excluding carboxylic acids is 1. The Morgan fingerprint density at radius 1 is 1.04 bits per heavy atom. The SMILES string of the molecule is CNC(=O)c1c(-c2ccc(F)cc2)oc2cc(N(C)S(C)(=O)=O)c(-c3ccc4c(n3)-c3cc5c(F)cccc5n3C(CN3CCC3)C4)cc12. The maximum Gasteiger partial charge on any atom is 0.255 e. The predicted octanol–water partition coefficient (Wildman–Crippen LogP) is 6.62. The molecule has 0 saturated carbocycles. The summed E-state index contributed by atoms with van der Waals surface area (Å²) in [6.07, 6.45) is 2.97. The molecule has 1 saturated heterocycles. The Kier molecular flexibility index (Phi) is 7.34. The van der Waals surface area contributed by atoms with E-state index in [9.17, 15) is 17.6 Å². The number of benzene rings is 3. The second kappa shape index (κ2) is 11.5. The van der Waals surface area contributed by atoms with Gasteiger partial charge in [-0.2, -0.15) is 0 Å². The molecule has 2 aliphatic rings. The molecule has 0 aliphatic carbocycles. The minimum atomic E-state index is -3.75. The Morgan fingerprint density at radius 2 is 1.82 bits per heavy atom. The van der Waals surface area contributed by atoms with Crippen molar-refractivity contribution in [2.75, 3.05) is 44.3 Å². The first-order valence-corrected chi connectivity index (χ1v) is 17.9. The molecule has 2 aliphatic heterocycles. The Morgan fingerprint density at radius 3 is 2.51 bits per heavy atom. The molecule has 3 aromatic heterocycles. The fourth-order valence-corrected chi connectivity index (χ4v) is 7.61. The fourth-order valence-electron chi connectivity index (χ4n) is 7.10. The molecule has 1 fully saturated rings. The molecule has 1 N–H and O–H groups in total. The van der Waals surface area contributed by atoms with Gasteiger partial charge in [-0.25, -0.2) is 22.2 Å². The van der Waals surface area contributed by atoms with Crippen LogP contribution in [-0.4, -0.2) is 68.8 Å². The molecular formula is C37H33F2N5O4S. The Bertz CT molecular complexity index is 2420. The average molecular weight is 682 g/mol. The van der Waals surface area contributed by atoms with E-state index in [0.29, 0.717) is 45.4 Å². The van der Waals surface area contributed by atoms with Crippen LogP contribution in [0.3, 0.4) is 0 Å². The molecule has 1 atom stereocenters. The van der Waals surface area contributed by atoms with Crippen molar-refractivity contribution in [2.45, 2.75) is 18.9 Å². The summed E-state index contributed by atoms with van der Waals surface area (Å²) >= 11 is 0. The molecule has 0 radical (unpaired) electrons. The molecule has 1 amide bonds. The summed E-state index contributed by atoms with van der Waals surface area (Å²) in [4.78, 5) is 20.9.